The van der Waals surface area contributed by atoms with E-state index in [1.54, 1.807) is 17.3 Å². The molecule has 0 radical (unpaired) electrons. The second-order valence-electron chi connectivity index (χ2n) is 9.95. The molecule has 8 nitrogen and oxygen atoms in total. The monoisotopic (exact) mass is 486 g/mol. The van der Waals surface area contributed by atoms with Gasteiger partial charge in [-0.15, -0.1) is 5.10 Å². The minimum Gasteiger partial charge on any atom is -0.477 e. The summed E-state index contributed by atoms with van der Waals surface area (Å²) in [7, 11) is 0. The highest BCUT2D eigenvalue weighted by atomic mass is 16.4. The molecule has 5 rings (SSSR count). The van der Waals surface area contributed by atoms with E-state index < -0.39 is 5.97 Å². The van der Waals surface area contributed by atoms with E-state index in [1.165, 1.54) is 10.9 Å². The van der Waals surface area contributed by atoms with E-state index in [0.29, 0.717) is 11.6 Å². The number of furan rings is 1. The van der Waals surface area contributed by atoms with Crippen LogP contribution in [0.3, 0.4) is 0 Å². The van der Waals surface area contributed by atoms with E-state index in [9.17, 15) is 14.7 Å². The summed E-state index contributed by atoms with van der Waals surface area (Å²) in [6, 6.07) is 11.0. The summed E-state index contributed by atoms with van der Waals surface area (Å²) >= 11 is 0. The fourth-order valence-electron chi connectivity index (χ4n) is 4.94. The van der Waals surface area contributed by atoms with Crippen molar-refractivity contribution in [3.05, 3.63) is 60.6 Å². The Balaban J connectivity index is 1.46. The van der Waals surface area contributed by atoms with Crippen molar-refractivity contribution in [2.45, 2.75) is 52.5 Å². The van der Waals surface area contributed by atoms with Crippen molar-refractivity contribution in [3.63, 3.8) is 0 Å². The van der Waals surface area contributed by atoms with Gasteiger partial charge in [0, 0.05) is 41.5 Å². The molecule has 0 unspecified atom stereocenters. The van der Waals surface area contributed by atoms with Crippen LogP contribution in [0.1, 0.15) is 56.8 Å². The van der Waals surface area contributed by atoms with Gasteiger partial charge in [-0.2, -0.15) is 0 Å². The normalized spacial score (nSPS) is 18.0. The third kappa shape index (κ3) is 4.51. The lowest BCUT2D eigenvalue weighted by Crippen LogP contribution is -2.43. The van der Waals surface area contributed by atoms with E-state index >= 15 is 0 Å². The maximum absolute atomic E-state index is 13.5. The highest BCUT2D eigenvalue weighted by molar-refractivity contribution is 6.01. The molecule has 186 valence electrons. The molecule has 0 aliphatic heterocycles. The summed E-state index contributed by atoms with van der Waals surface area (Å²) in [5.41, 5.74) is 2.34. The number of carbonyl (C=O) groups excluding carboxylic acids is 1. The van der Waals surface area contributed by atoms with Crippen molar-refractivity contribution in [3.8, 4) is 17.0 Å². The number of carboxylic acid groups (broad SMARTS) is 1. The first-order valence-corrected chi connectivity index (χ1v) is 12.4. The maximum atomic E-state index is 13.5. The molecule has 3 heterocycles. The van der Waals surface area contributed by atoms with Crippen LogP contribution in [0.4, 0.5) is 5.82 Å². The zero-order chi connectivity index (χ0) is 25.4. The van der Waals surface area contributed by atoms with Gasteiger partial charge in [0.2, 0.25) is 5.91 Å². The fraction of sp³-hybridized carbons (Fsp3) is 0.357. The summed E-state index contributed by atoms with van der Waals surface area (Å²) in [6.45, 7) is 6.00. The molecule has 0 atom stereocenters. The minimum atomic E-state index is -1.11. The van der Waals surface area contributed by atoms with Crippen molar-refractivity contribution >= 4 is 28.7 Å². The van der Waals surface area contributed by atoms with Crippen LogP contribution in [0.25, 0.3) is 28.0 Å². The summed E-state index contributed by atoms with van der Waals surface area (Å²) in [5.74, 6) is 0.271. The first kappa shape index (κ1) is 23.8. The van der Waals surface area contributed by atoms with Crippen LogP contribution in [0.15, 0.2) is 59.4 Å². The van der Waals surface area contributed by atoms with Crippen molar-refractivity contribution in [1.82, 2.24) is 14.8 Å². The van der Waals surface area contributed by atoms with Crippen LogP contribution in [-0.2, 0) is 4.79 Å². The summed E-state index contributed by atoms with van der Waals surface area (Å²) in [6.07, 6.45) is 8.59. The minimum absolute atomic E-state index is 0.00934. The summed E-state index contributed by atoms with van der Waals surface area (Å²) < 4.78 is 7.44. The van der Waals surface area contributed by atoms with Crippen molar-refractivity contribution in [2.24, 2.45) is 11.8 Å². The predicted molar refractivity (Wildman–Crippen MR) is 137 cm³/mol. The second-order valence-corrected chi connectivity index (χ2v) is 9.95. The first-order chi connectivity index (χ1) is 17.3. The zero-order valence-electron chi connectivity index (χ0n) is 20.7. The Morgan fingerprint density at radius 1 is 1.11 bits per heavy atom. The van der Waals surface area contributed by atoms with Gasteiger partial charge in [-0.25, -0.2) is 9.48 Å². The molecule has 1 aromatic carbocycles. The Morgan fingerprint density at radius 3 is 2.47 bits per heavy atom. The van der Waals surface area contributed by atoms with E-state index in [1.807, 2.05) is 50.2 Å². The predicted octanol–water partition coefficient (Wildman–Crippen LogP) is 5.95. The van der Waals surface area contributed by atoms with E-state index in [0.717, 1.165) is 48.0 Å². The van der Waals surface area contributed by atoms with Crippen LogP contribution in [0, 0.1) is 11.8 Å². The number of aromatic carboxylic acids is 1. The smallest absolute Gasteiger partial charge is 0.341 e. The SMILES string of the molecule is CC(C)N(c1nn(-c2ccc(-c3cc4cnccc4o3)cc2)cc1C(=O)O)C(=O)[C@H]1CC[C@H](C)CC1. The number of fused-ring (bicyclic) bond motifs is 1. The molecule has 0 saturated heterocycles. The van der Waals surface area contributed by atoms with Gasteiger partial charge < -0.3 is 9.52 Å². The van der Waals surface area contributed by atoms with E-state index in [2.05, 4.69) is 17.0 Å². The molecule has 1 aliphatic rings. The molecule has 8 heteroatoms. The van der Waals surface area contributed by atoms with E-state index in [-0.39, 0.29) is 29.2 Å². The van der Waals surface area contributed by atoms with Gasteiger partial charge in [0.1, 0.15) is 16.9 Å². The number of pyridine rings is 1. The number of rotatable bonds is 6. The van der Waals surface area contributed by atoms with Crippen LogP contribution < -0.4 is 4.90 Å². The van der Waals surface area contributed by atoms with Crippen molar-refractivity contribution in [2.75, 3.05) is 4.90 Å². The topological polar surface area (TPSA) is 101 Å². The standard InChI is InChI=1S/C28H30N4O4/c1-17(2)32(27(33)20-6-4-18(3)5-7-20)26-23(28(34)35)16-31(30-26)22-10-8-19(9-11-22)25-14-21-15-29-13-12-24(21)36-25/h8-18,20H,4-7H2,1-3H3,(H,34,35)/t18-,20-. The average Bonchev–Trinajstić information content (AvgIpc) is 3.49. The Hall–Kier alpha value is -3.94. The van der Waals surface area contributed by atoms with Crippen molar-refractivity contribution in [1.29, 1.82) is 0 Å². The average molecular weight is 487 g/mol. The zero-order valence-corrected chi connectivity index (χ0v) is 20.7. The highest BCUT2D eigenvalue weighted by Crippen LogP contribution is 2.33. The van der Waals surface area contributed by atoms with Gasteiger partial charge in [-0.3, -0.25) is 14.7 Å². The van der Waals surface area contributed by atoms with Crippen LogP contribution in [-0.4, -0.2) is 37.8 Å². The number of hydrogen-bond donors (Lipinski definition) is 1. The number of carboxylic acids is 1. The maximum Gasteiger partial charge on any atom is 0.341 e. The molecule has 1 N–H and O–H groups in total. The molecule has 1 fully saturated rings. The van der Waals surface area contributed by atoms with Gasteiger partial charge in [-0.1, -0.05) is 6.92 Å². The summed E-state index contributed by atoms with van der Waals surface area (Å²) in [4.78, 5) is 31.4. The van der Waals surface area contributed by atoms with Crippen molar-refractivity contribution < 1.29 is 19.1 Å². The van der Waals surface area contributed by atoms with Gasteiger partial charge in [0.25, 0.3) is 0 Å². The number of hydrogen-bond acceptors (Lipinski definition) is 5. The molecule has 1 aliphatic carbocycles. The molecular weight excluding hydrogens is 456 g/mol. The molecule has 1 amide bonds. The third-order valence-electron chi connectivity index (χ3n) is 7.01. The van der Waals surface area contributed by atoms with Gasteiger partial charge in [0.05, 0.1) is 5.69 Å². The first-order valence-electron chi connectivity index (χ1n) is 12.4. The van der Waals surface area contributed by atoms with Gasteiger partial charge >= 0.3 is 5.97 Å². The van der Waals surface area contributed by atoms with E-state index in [4.69, 9.17) is 4.42 Å². The third-order valence-corrected chi connectivity index (χ3v) is 7.01. The lowest BCUT2D eigenvalue weighted by Gasteiger charge is -2.32. The molecule has 3 aromatic heterocycles. The number of amides is 1. The van der Waals surface area contributed by atoms with Gasteiger partial charge in [0.15, 0.2) is 5.82 Å². The fourth-order valence-corrected chi connectivity index (χ4v) is 4.94. The molecule has 0 bridgehead atoms. The number of nitrogens with zero attached hydrogens (tertiary/aromatic N) is 4. The van der Waals surface area contributed by atoms with Crippen LogP contribution >= 0.6 is 0 Å². The Kier molecular flexibility index (Phi) is 6.35. The number of anilines is 1. The number of aromatic nitrogens is 3. The molecule has 4 aromatic rings. The Labute approximate surface area is 209 Å². The largest absolute Gasteiger partial charge is 0.477 e. The number of benzene rings is 1. The van der Waals surface area contributed by atoms with Crippen LogP contribution in [0.5, 0.6) is 0 Å². The molecule has 36 heavy (non-hydrogen) atoms. The Bertz CT molecular complexity index is 1360. The lowest BCUT2D eigenvalue weighted by molar-refractivity contribution is -0.124. The summed E-state index contributed by atoms with van der Waals surface area (Å²) in [5, 5.41) is 15.5. The second kappa shape index (κ2) is 9.60. The molecular formula is C28H30N4O4. The van der Waals surface area contributed by atoms with Crippen LogP contribution in [0.2, 0.25) is 0 Å². The molecule has 0 spiro atoms. The lowest BCUT2D eigenvalue weighted by atomic mass is 9.82. The number of carbonyl (C=O) groups is 2. The van der Waals surface area contributed by atoms with Gasteiger partial charge in [-0.05, 0) is 81.8 Å². The molecule has 1 saturated carbocycles. The Morgan fingerprint density at radius 2 is 1.83 bits per heavy atom. The quantitative estimate of drug-likeness (QED) is 0.362. The highest BCUT2D eigenvalue weighted by Gasteiger charge is 2.34.